The topological polar surface area (TPSA) is 24.9 Å². The number of alkyl halides is 3. The lowest BCUT2D eigenvalue weighted by Crippen LogP contribution is -2.09. The summed E-state index contributed by atoms with van der Waals surface area (Å²) in [6.45, 7) is 0. The Morgan fingerprint density at radius 3 is 2.50 bits per heavy atom. The molecule has 0 bridgehead atoms. The fraction of sp³-hybridized carbons (Fsp3) is 0.182. The lowest BCUT2D eigenvalue weighted by molar-refractivity contribution is -0.140. The molecule has 0 radical (unpaired) electrons. The number of nitrogens with one attached hydrogen (secondary N) is 1. The number of fused-ring (bicyclic) bond motifs is 1. The van der Waals surface area contributed by atoms with Crippen molar-refractivity contribution in [2.45, 2.75) is 6.18 Å². The summed E-state index contributed by atoms with van der Waals surface area (Å²) >= 11 is 7.82. The van der Waals surface area contributed by atoms with Crippen LogP contribution in [-0.4, -0.2) is 12.0 Å². The van der Waals surface area contributed by atoms with Crippen LogP contribution in [0.1, 0.15) is 5.69 Å². The van der Waals surface area contributed by atoms with E-state index in [1.54, 1.807) is 19.2 Å². The van der Waals surface area contributed by atoms with E-state index in [1.807, 2.05) is 22.6 Å². The number of rotatable bonds is 1. The lowest BCUT2D eigenvalue weighted by Gasteiger charge is -2.12. The van der Waals surface area contributed by atoms with Crippen LogP contribution in [0.5, 0.6) is 0 Å². The second-order valence-electron chi connectivity index (χ2n) is 3.59. The first-order chi connectivity index (χ1) is 8.32. The molecule has 1 heterocycles. The Morgan fingerprint density at radius 2 is 1.94 bits per heavy atom. The fourth-order valence-electron chi connectivity index (χ4n) is 1.60. The molecule has 2 rings (SSSR count). The van der Waals surface area contributed by atoms with Crippen LogP contribution in [0, 0.1) is 3.57 Å². The molecule has 0 saturated carbocycles. The van der Waals surface area contributed by atoms with Crippen molar-refractivity contribution in [3.63, 3.8) is 0 Å². The molecule has 7 heteroatoms. The number of hydrogen-bond donors (Lipinski definition) is 1. The summed E-state index contributed by atoms with van der Waals surface area (Å²) in [6, 6.07) is 4.16. The Bertz CT molecular complexity index is 613. The molecule has 18 heavy (non-hydrogen) atoms. The fourth-order valence-corrected chi connectivity index (χ4v) is 2.75. The molecule has 0 spiro atoms. The summed E-state index contributed by atoms with van der Waals surface area (Å²) in [5.74, 6) is 0. The molecule has 1 aromatic carbocycles. The third-order valence-corrected chi connectivity index (χ3v) is 3.43. The summed E-state index contributed by atoms with van der Waals surface area (Å²) in [5.41, 5.74) is -0.272. The molecule has 0 fully saturated rings. The van der Waals surface area contributed by atoms with E-state index in [1.165, 1.54) is 0 Å². The van der Waals surface area contributed by atoms with Gasteiger partial charge in [-0.1, -0.05) is 11.6 Å². The van der Waals surface area contributed by atoms with Gasteiger partial charge in [0.1, 0.15) is 5.69 Å². The lowest BCUT2D eigenvalue weighted by atomic mass is 10.1. The molecule has 0 unspecified atom stereocenters. The van der Waals surface area contributed by atoms with Gasteiger partial charge in [-0.3, -0.25) is 0 Å². The number of pyridine rings is 1. The van der Waals surface area contributed by atoms with Crippen molar-refractivity contribution in [1.29, 1.82) is 0 Å². The molecule has 0 aliphatic rings. The monoisotopic (exact) mass is 386 g/mol. The first-order valence-corrected chi connectivity index (χ1v) is 6.33. The van der Waals surface area contributed by atoms with Crippen LogP contribution in [0.2, 0.25) is 5.02 Å². The maximum Gasteiger partial charge on any atom is 0.433 e. The molecular weight excluding hydrogens is 379 g/mol. The van der Waals surface area contributed by atoms with Crippen LogP contribution < -0.4 is 5.32 Å². The molecule has 0 saturated heterocycles. The highest BCUT2D eigenvalue weighted by atomic mass is 127. The van der Waals surface area contributed by atoms with E-state index in [4.69, 9.17) is 11.6 Å². The van der Waals surface area contributed by atoms with Crippen molar-refractivity contribution in [3.05, 3.63) is 32.5 Å². The van der Waals surface area contributed by atoms with Gasteiger partial charge in [0.2, 0.25) is 0 Å². The number of benzene rings is 1. The highest BCUT2D eigenvalue weighted by Gasteiger charge is 2.33. The minimum Gasteiger partial charge on any atom is -0.388 e. The number of hydrogen-bond acceptors (Lipinski definition) is 2. The van der Waals surface area contributed by atoms with E-state index in [9.17, 15) is 13.2 Å². The van der Waals surface area contributed by atoms with Gasteiger partial charge in [-0.25, -0.2) is 4.98 Å². The van der Waals surface area contributed by atoms with Gasteiger partial charge in [-0.05, 0) is 40.8 Å². The molecule has 0 amide bonds. The average Bonchev–Trinajstić information content (AvgIpc) is 2.26. The molecular formula is C11H7ClF3IN2. The van der Waals surface area contributed by atoms with Gasteiger partial charge in [0.15, 0.2) is 0 Å². The highest BCUT2D eigenvalue weighted by molar-refractivity contribution is 14.1. The summed E-state index contributed by atoms with van der Waals surface area (Å²) in [4.78, 5) is 3.66. The van der Waals surface area contributed by atoms with Crippen LogP contribution in [-0.2, 0) is 6.18 Å². The molecule has 0 atom stereocenters. The van der Waals surface area contributed by atoms with Gasteiger partial charge in [-0.2, -0.15) is 13.2 Å². The zero-order valence-electron chi connectivity index (χ0n) is 9.07. The van der Waals surface area contributed by atoms with E-state index in [0.717, 1.165) is 6.07 Å². The van der Waals surface area contributed by atoms with Crippen molar-refractivity contribution in [2.24, 2.45) is 0 Å². The zero-order valence-corrected chi connectivity index (χ0v) is 12.0. The Labute approximate surface area is 120 Å². The van der Waals surface area contributed by atoms with Gasteiger partial charge < -0.3 is 5.32 Å². The summed E-state index contributed by atoms with van der Waals surface area (Å²) in [6.07, 6.45) is -4.47. The van der Waals surface area contributed by atoms with E-state index in [0.29, 0.717) is 25.2 Å². The third kappa shape index (κ3) is 2.49. The number of aromatic nitrogens is 1. The number of anilines is 1. The van der Waals surface area contributed by atoms with Crippen LogP contribution in [0.4, 0.5) is 18.9 Å². The maximum atomic E-state index is 12.7. The maximum absolute atomic E-state index is 12.7. The van der Waals surface area contributed by atoms with Crippen molar-refractivity contribution in [3.8, 4) is 0 Å². The molecule has 1 N–H and O–H groups in total. The molecule has 96 valence electrons. The first kappa shape index (κ1) is 13.7. The Morgan fingerprint density at radius 1 is 1.28 bits per heavy atom. The number of nitrogens with zero attached hydrogens (tertiary/aromatic N) is 1. The normalized spacial score (nSPS) is 11.9. The Balaban J connectivity index is 2.84. The van der Waals surface area contributed by atoms with Crippen molar-refractivity contribution in [1.82, 2.24) is 4.98 Å². The second-order valence-corrected chi connectivity index (χ2v) is 5.19. The summed E-state index contributed by atoms with van der Waals surface area (Å²) in [5, 5.41) is 3.77. The third-order valence-electron chi connectivity index (χ3n) is 2.39. The molecule has 0 aliphatic heterocycles. The van der Waals surface area contributed by atoms with E-state index in [2.05, 4.69) is 10.3 Å². The predicted molar refractivity (Wildman–Crippen MR) is 74.0 cm³/mol. The summed E-state index contributed by atoms with van der Waals surface area (Å²) in [7, 11) is 1.56. The van der Waals surface area contributed by atoms with Gasteiger partial charge in [0, 0.05) is 26.7 Å². The van der Waals surface area contributed by atoms with E-state index < -0.39 is 11.9 Å². The van der Waals surface area contributed by atoms with Gasteiger partial charge in [0.05, 0.1) is 5.52 Å². The Hall–Kier alpha value is -0.760. The van der Waals surface area contributed by atoms with Crippen molar-refractivity contribution in [2.75, 3.05) is 12.4 Å². The SMILES string of the molecule is CNc1cc(C(F)(F)F)nc2c(I)cc(Cl)cc12. The predicted octanol–water partition coefficient (Wildman–Crippen LogP) is 4.55. The van der Waals surface area contributed by atoms with Crippen LogP contribution in [0.3, 0.4) is 0 Å². The van der Waals surface area contributed by atoms with E-state index >= 15 is 0 Å². The summed E-state index contributed by atoms with van der Waals surface area (Å²) < 4.78 is 38.8. The van der Waals surface area contributed by atoms with Gasteiger partial charge >= 0.3 is 6.18 Å². The minimum atomic E-state index is -4.47. The van der Waals surface area contributed by atoms with Crippen LogP contribution >= 0.6 is 34.2 Å². The van der Waals surface area contributed by atoms with E-state index in [-0.39, 0.29) is 0 Å². The first-order valence-electron chi connectivity index (χ1n) is 4.87. The molecule has 2 aromatic rings. The molecule has 2 nitrogen and oxygen atoms in total. The molecule has 1 aromatic heterocycles. The zero-order chi connectivity index (χ0) is 13.5. The van der Waals surface area contributed by atoms with Crippen molar-refractivity contribution >= 4 is 50.8 Å². The van der Waals surface area contributed by atoms with Crippen molar-refractivity contribution < 1.29 is 13.2 Å². The highest BCUT2D eigenvalue weighted by Crippen LogP contribution is 2.35. The quantitative estimate of drug-likeness (QED) is 0.727. The standard InChI is InChI=1S/C11H7ClF3IN2/c1-17-8-4-9(11(13,14)15)18-10-6(8)2-5(12)3-7(10)16/h2-4H,1H3,(H,17,18). The largest absolute Gasteiger partial charge is 0.433 e. The Kier molecular flexibility index (Phi) is 3.59. The minimum absolute atomic E-state index is 0.291. The second kappa shape index (κ2) is 4.73. The van der Waals surface area contributed by atoms with Crippen LogP contribution in [0.15, 0.2) is 18.2 Å². The average molecular weight is 387 g/mol. The number of halogens is 5. The van der Waals surface area contributed by atoms with Gasteiger partial charge in [-0.15, -0.1) is 0 Å². The molecule has 0 aliphatic carbocycles. The smallest absolute Gasteiger partial charge is 0.388 e. The van der Waals surface area contributed by atoms with Gasteiger partial charge in [0.25, 0.3) is 0 Å². The van der Waals surface area contributed by atoms with Crippen LogP contribution in [0.25, 0.3) is 10.9 Å².